The van der Waals surface area contributed by atoms with Crippen LogP contribution in [0.2, 0.25) is 0 Å². The molecule has 8 nitrogen and oxygen atoms in total. The Hall–Kier alpha value is -4.02. The zero-order valence-electron chi connectivity index (χ0n) is 26.0. The number of para-hydroxylation sites is 4. The van der Waals surface area contributed by atoms with Gasteiger partial charge in [-0.3, -0.25) is 0 Å². The van der Waals surface area contributed by atoms with E-state index in [1.165, 1.54) is 11.3 Å². The van der Waals surface area contributed by atoms with E-state index in [4.69, 9.17) is 0 Å². The van der Waals surface area contributed by atoms with Gasteiger partial charge in [-0.2, -0.15) is 0 Å². The summed E-state index contributed by atoms with van der Waals surface area (Å²) < 4.78 is 1.73. The summed E-state index contributed by atoms with van der Waals surface area (Å²) in [5.41, 5.74) is 5.14. The molecule has 0 heterocycles. The van der Waals surface area contributed by atoms with Crippen molar-refractivity contribution in [3.8, 4) is 0 Å². The molecule has 4 amide bonds. The molecule has 0 bridgehead atoms. The largest absolute Gasteiger partial charge is 0.370 e. The molecule has 0 radical (unpaired) electrons. The molecule has 4 aromatic rings. The zero-order valence-corrected chi connectivity index (χ0v) is 29.2. The number of carbonyl (C=O) groups excluding carboxylic acids is 2. The Morgan fingerprint density at radius 1 is 0.600 bits per heavy atom. The van der Waals surface area contributed by atoms with E-state index in [1.807, 2.05) is 78.9 Å². The summed E-state index contributed by atoms with van der Waals surface area (Å²) in [6.45, 7) is 10.8. The number of hydrogen-bond donors (Lipinski definition) is 4. The number of aryl methyl sites for hydroxylation is 1. The second-order valence-corrected chi connectivity index (χ2v) is 11.7. The van der Waals surface area contributed by atoms with Gasteiger partial charge in [-0.05, 0) is 101 Å². The first-order chi connectivity index (χ1) is 21.8. The van der Waals surface area contributed by atoms with Crippen molar-refractivity contribution in [2.75, 3.05) is 59.7 Å². The van der Waals surface area contributed by atoms with E-state index in [0.29, 0.717) is 13.1 Å². The number of amides is 4. The molecule has 0 saturated heterocycles. The normalized spacial score (nSPS) is 10.2. The van der Waals surface area contributed by atoms with Gasteiger partial charge in [-0.25, -0.2) is 9.59 Å². The first-order valence-corrected chi connectivity index (χ1v) is 16.6. The van der Waals surface area contributed by atoms with Crippen molar-refractivity contribution in [3.63, 3.8) is 0 Å². The summed E-state index contributed by atoms with van der Waals surface area (Å²) in [7, 11) is 0. The van der Waals surface area contributed by atoms with E-state index in [0.717, 1.165) is 52.2 Å². The van der Waals surface area contributed by atoms with Crippen LogP contribution in [-0.2, 0) is 0 Å². The number of halogens is 2. The second kappa shape index (κ2) is 19.4. The number of nitrogens with one attached hydrogen (secondary N) is 4. The van der Waals surface area contributed by atoms with E-state index in [1.54, 1.807) is 0 Å². The molecule has 4 N–H and O–H groups in total. The standard InChI is InChI=1S/C18H22BrN3O.C17H20BrN3O/c1-3-22(17-11-7-4-8-14(17)2)13-12-20-18(23)21-16-10-6-5-9-15(16)19;1-2-21(14-8-4-3-5-9-14)13-12-19-17(22)20-16-11-7-6-10-15(16)18/h4-11H,3,12-13H2,1-2H3,(H2,20,21,23);3-11H,2,12-13H2,1H3,(H2,19,20,22). The highest BCUT2D eigenvalue weighted by molar-refractivity contribution is 9.11. The van der Waals surface area contributed by atoms with E-state index in [2.05, 4.69) is 108 Å². The zero-order chi connectivity index (χ0) is 32.4. The number of anilines is 4. The molecule has 0 aromatic heterocycles. The Kier molecular flexibility index (Phi) is 15.3. The van der Waals surface area contributed by atoms with Crippen LogP contribution >= 0.6 is 31.9 Å². The average Bonchev–Trinajstić information content (AvgIpc) is 3.05. The number of hydrogen-bond acceptors (Lipinski definition) is 4. The maximum atomic E-state index is 12.0. The minimum absolute atomic E-state index is 0.197. The molecule has 0 spiro atoms. The Morgan fingerprint density at radius 2 is 1.04 bits per heavy atom. The molecule has 0 atom stereocenters. The molecule has 0 saturated carbocycles. The molecule has 45 heavy (non-hydrogen) atoms. The van der Waals surface area contributed by atoms with Crippen molar-refractivity contribution in [1.29, 1.82) is 0 Å². The molecule has 4 aromatic carbocycles. The highest BCUT2D eigenvalue weighted by atomic mass is 79.9. The number of urea groups is 2. The van der Waals surface area contributed by atoms with Crippen LogP contribution in [0.5, 0.6) is 0 Å². The highest BCUT2D eigenvalue weighted by Gasteiger charge is 2.09. The summed E-state index contributed by atoms with van der Waals surface area (Å²) in [6, 6.07) is 33.2. The Morgan fingerprint density at radius 3 is 1.53 bits per heavy atom. The van der Waals surface area contributed by atoms with Crippen LogP contribution in [0.15, 0.2) is 112 Å². The fourth-order valence-corrected chi connectivity index (χ4v) is 5.31. The van der Waals surface area contributed by atoms with Gasteiger partial charge in [0.1, 0.15) is 0 Å². The molecular formula is C35H42Br2N6O2. The fraction of sp³-hybridized carbons (Fsp3) is 0.257. The summed E-state index contributed by atoms with van der Waals surface area (Å²) in [4.78, 5) is 28.4. The van der Waals surface area contributed by atoms with Crippen LogP contribution in [0.3, 0.4) is 0 Å². The molecule has 4 rings (SSSR count). The Balaban J connectivity index is 0.000000246. The van der Waals surface area contributed by atoms with Crippen molar-refractivity contribution in [2.24, 2.45) is 0 Å². The molecule has 0 aliphatic rings. The van der Waals surface area contributed by atoms with Crippen molar-refractivity contribution in [3.05, 3.63) is 118 Å². The summed E-state index contributed by atoms with van der Waals surface area (Å²) >= 11 is 6.82. The lowest BCUT2D eigenvalue weighted by molar-refractivity contribution is 0.251. The van der Waals surface area contributed by atoms with Gasteiger partial charge in [0.25, 0.3) is 0 Å². The van der Waals surface area contributed by atoms with Crippen LogP contribution < -0.4 is 31.1 Å². The monoisotopic (exact) mass is 736 g/mol. The van der Waals surface area contributed by atoms with Crippen molar-refractivity contribution < 1.29 is 9.59 Å². The molecule has 238 valence electrons. The minimum Gasteiger partial charge on any atom is -0.370 e. The summed E-state index contributed by atoms with van der Waals surface area (Å²) in [5.74, 6) is 0. The fourth-order valence-electron chi connectivity index (χ4n) is 4.54. The molecule has 0 unspecified atom stereocenters. The van der Waals surface area contributed by atoms with E-state index >= 15 is 0 Å². The lowest BCUT2D eigenvalue weighted by atomic mass is 10.2. The maximum Gasteiger partial charge on any atom is 0.319 e. The SMILES string of the molecule is CCN(CCNC(=O)Nc1ccccc1Br)c1ccccc1.CCN(CCNC(=O)Nc1ccccc1Br)c1ccccc1C. The lowest BCUT2D eigenvalue weighted by Crippen LogP contribution is -2.37. The quantitative estimate of drug-likeness (QED) is 0.117. The number of likely N-dealkylation sites (N-methyl/N-ethyl adjacent to an activating group) is 2. The Labute approximate surface area is 283 Å². The van der Waals surface area contributed by atoms with Gasteiger partial charge in [-0.15, -0.1) is 0 Å². The molecular weight excluding hydrogens is 696 g/mol. The van der Waals surface area contributed by atoms with Gasteiger partial charge in [0, 0.05) is 59.6 Å². The van der Waals surface area contributed by atoms with Gasteiger partial charge >= 0.3 is 12.1 Å². The van der Waals surface area contributed by atoms with Crippen molar-refractivity contribution in [1.82, 2.24) is 10.6 Å². The number of rotatable bonds is 12. The Bertz CT molecular complexity index is 1490. The first kappa shape index (κ1) is 35.5. The second-order valence-electron chi connectivity index (χ2n) is 10.0. The predicted octanol–water partition coefficient (Wildman–Crippen LogP) is 8.50. The third-order valence-corrected chi connectivity index (χ3v) is 8.30. The lowest BCUT2D eigenvalue weighted by Gasteiger charge is -2.25. The molecule has 0 aliphatic carbocycles. The van der Waals surface area contributed by atoms with Gasteiger partial charge in [0.2, 0.25) is 0 Å². The third-order valence-electron chi connectivity index (χ3n) is 6.92. The molecule has 10 heteroatoms. The van der Waals surface area contributed by atoms with Crippen LogP contribution in [0.1, 0.15) is 19.4 Å². The third kappa shape index (κ3) is 12.1. The van der Waals surface area contributed by atoms with Crippen molar-refractivity contribution >= 4 is 66.7 Å². The van der Waals surface area contributed by atoms with Gasteiger partial charge in [0.05, 0.1) is 11.4 Å². The topological polar surface area (TPSA) is 88.7 Å². The average molecular weight is 739 g/mol. The van der Waals surface area contributed by atoms with Gasteiger partial charge in [-0.1, -0.05) is 60.7 Å². The first-order valence-electron chi connectivity index (χ1n) is 15.0. The maximum absolute atomic E-state index is 12.0. The van der Waals surface area contributed by atoms with Gasteiger partial charge < -0.3 is 31.1 Å². The predicted molar refractivity (Wildman–Crippen MR) is 196 cm³/mol. The highest BCUT2D eigenvalue weighted by Crippen LogP contribution is 2.22. The van der Waals surface area contributed by atoms with E-state index in [9.17, 15) is 9.59 Å². The van der Waals surface area contributed by atoms with Crippen molar-refractivity contribution in [2.45, 2.75) is 20.8 Å². The number of carbonyl (C=O) groups is 2. The van der Waals surface area contributed by atoms with Crippen LogP contribution in [0, 0.1) is 6.92 Å². The van der Waals surface area contributed by atoms with Crippen LogP contribution in [-0.4, -0.2) is 51.3 Å². The number of nitrogens with zero attached hydrogens (tertiary/aromatic N) is 2. The molecule has 0 aliphatic heterocycles. The smallest absolute Gasteiger partial charge is 0.319 e. The summed E-state index contributed by atoms with van der Waals surface area (Å²) in [5, 5.41) is 11.4. The minimum atomic E-state index is -0.198. The van der Waals surface area contributed by atoms with Crippen LogP contribution in [0.25, 0.3) is 0 Å². The number of benzene rings is 4. The summed E-state index contributed by atoms with van der Waals surface area (Å²) in [6.07, 6.45) is 0. The van der Waals surface area contributed by atoms with Gasteiger partial charge in [0.15, 0.2) is 0 Å². The van der Waals surface area contributed by atoms with Crippen LogP contribution in [0.4, 0.5) is 32.3 Å². The molecule has 0 fully saturated rings. The van der Waals surface area contributed by atoms with E-state index < -0.39 is 0 Å². The van der Waals surface area contributed by atoms with E-state index in [-0.39, 0.29) is 12.1 Å².